The molecular weight excluding hydrogens is 224 g/mol. The van der Waals surface area contributed by atoms with Crippen molar-refractivity contribution >= 4 is 32.7 Å². The minimum absolute atomic E-state index is 0.191. The molecule has 0 radical (unpaired) electrons. The molecule has 5 heteroatoms. The number of esters is 1. The first kappa shape index (κ1) is 10.9. The van der Waals surface area contributed by atoms with Crippen LogP contribution in [0.1, 0.15) is 12.0 Å². The quantitative estimate of drug-likeness (QED) is 0.828. The molecule has 84 valence electrons. The Morgan fingerprint density at radius 2 is 2.38 bits per heavy atom. The molecule has 2 N–H and O–H groups in total. The van der Waals surface area contributed by atoms with Gasteiger partial charge in [0.1, 0.15) is 0 Å². The number of aromatic nitrogens is 1. The molecule has 0 aliphatic carbocycles. The van der Waals surface area contributed by atoms with Crippen LogP contribution in [0.25, 0.3) is 10.2 Å². The SMILES string of the molecule is COC(=O)CCc1ccc2nc(N)sc2c1. The van der Waals surface area contributed by atoms with Crippen molar-refractivity contribution in [1.82, 2.24) is 4.98 Å². The number of nitrogen functional groups attached to an aromatic ring is 1. The van der Waals surface area contributed by atoms with E-state index < -0.39 is 0 Å². The maximum atomic E-state index is 11.0. The number of nitrogens with two attached hydrogens (primary N) is 1. The Morgan fingerprint density at radius 3 is 3.12 bits per heavy atom. The molecule has 0 unspecified atom stereocenters. The van der Waals surface area contributed by atoms with Crippen molar-refractivity contribution in [2.45, 2.75) is 12.8 Å². The molecule has 0 fully saturated rings. The van der Waals surface area contributed by atoms with Gasteiger partial charge in [0, 0.05) is 6.42 Å². The Hall–Kier alpha value is -1.62. The zero-order valence-electron chi connectivity index (χ0n) is 8.90. The monoisotopic (exact) mass is 236 g/mol. The number of anilines is 1. The molecule has 0 saturated carbocycles. The molecule has 0 spiro atoms. The Morgan fingerprint density at radius 1 is 1.56 bits per heavy atom. The number of nitrogens with zero attached hydrogens (tertiary/aromatic N) is 1. The van der Waals surface area contributed by atoms with Crippen molar-refractivity contribution in [3.8, 4) is 0 Å². The van der Waals surface area contributed by atoms with Crippen LogP contribution in [0.2, 0.25) is 0 Å². The number of fused-ring (bicyclic) bond motifs is 1. The molecular formula is C11H12N2O2S. The fourth-order valence-corrected chi connectivity index (χ4v) is 2.29. The lowest BCUT2D eigenvalue weighted by atomic mass is 10.1. The van der Waals surface area contributed by atoms with Gasteiger partial charge in [0.2, 0.25) is 0 Å². The summed E-state index contributed by atoms with van der Waals surface area (Å²) in [4.78, 5) is 15.2. The van der Waals surface area contributed by atoms with Crippen LogP contribution < -0.4 is 5.73 Å². The van der Waals surface area contributed by atoms with Gasteiger partial charge >= 0.3 is 5.97 Å². The second-order valence-electron chi connectivity index (χ2n) is 3.43. The third-order valence-electron chi connectivity index (χ3n) is 2.31. The van der Waals surface area contributed by atoms with E-state index >= 15 is 0 Å². The highest BCUT2D eigenvalue weighted by atomic mass is 32.1. The third kappa shape index (κ3) is 2.30. The van der Waals surface area contributed by atoms with E-state index in [0.717, 1.165) is 15.8 Å². The van der Waals surface area contributed by atoms with Crippen molar-refractivity contribution in [3.05, 3.63) is 23.8 Å². The van der Waals surface area contributed by atoms with Crippen LogP contribution in [0.4, 0.5) is 5.13 Å². The molecule has 4 nitrogen and oxygen atoms in total. The number of carbonyl (C=O) groups excluding carboxylic acids is 1. The minimum Gasteiger partial charge on any atom is -0.469 e. The summed E-state index contributed by atoms with van der Waals surface area (Å²) in [5, 5.41) is 0.570. The van der Waals surface area contributed by atoms with Crippen molar-refractivity contribution in [2.24, 2.45) is 0 Å². The smallest absolute Gasteiger partial charge is 0.305 e. The summed E-state index contributed by atoms with van der Waals surface area (Å²) in [7, 11) is 1.40. The Labute approximate surface area is 97.0 Å². The fraction of sp³-hybridized carbons (Fsp3) is 0.273. The van der Waals surface area contributed by atoms with E-state index in [9.17, 15) is 4.79 Å². The second-order valence-corrected chi connectivity index (χ2v) is 4.49. The van der Waals surface area contributed by atoms with E-state index in [4.69, 9.17) is 5.73 Å². The predicted molar refractivity (Wildman–Crippen MR) is 64.4 cm³/mol. The summed E-state index contributed by atoms with van der Waals surface area (Å²) in [5.74, 6) is -0.191. The van der Waals surface area contributed by atoms with Crippen LogP contribution in [0, 0.1) is 0 Å². The van der Waals surface area contributed by atoms with E-state index in [1.165, 1.54) is 18.4 Å². The number of methoxy groups -OCH3 is 1. The fourth-order valence-electron chi connectivity index (χ4n) is 1.49. The summed E-state index contributed by atoms with van der Waals surface area (Å²) in [6.45, 7) is 0. The molecule has 2 rings (SSSR count). The molecule has 16 heavy (non-hydrogen) atoms. The van der Waals surface area contributed by atoms with Gasteiger partial charge < -0.3 is 10.5 Å². The zero-order chi connectivity index (χ0) is 11.5. The normalized spacial score (nSPS) is 10.6. The number of thiazole rings is 1. The average Bonchev–Trinajstić information content (AvgIpc) is 2.65. The van der Waals surface area contributed by atoms with Crippen molar-refractivity contribution < 1.29 is 9.53 Å². The molecule has 0 aliphatic heterocycles. The molecule has 2 aromatic rings. The lowest BCUT2D eigenvalue weighted by molar-refractivity contribution is -0.140. The summed E-state index contributed by atoms with van der Waals surface area (Å²) in [5.41, 5.74) is 7.62. The summed E-state index contributed by atoms with van der Waals surface area (Å²) < 4.78 is 5.65. The first-order chi connectivity index (χ1) is 7.69. The molecule has 0 amide bonds. The van der Waals surface area contributed by atoms with Gasteiger partial charge in [-0.05, 0) is 24.1 Å². The van der Waals surface area contributed by atoms with Gasteiger partial charge in [-0.25, -0.2) is 4.98 Å². The highest BCUT2D eigenvalue weighted by Gasteiger charge is 2.04. The lowest BCUT2D eigenvalue weighted by Crippen LogP contribution is -2.01. The number of hydrogen-bond donors (Lipinski definition) is 1. The van der Waals surface area contributed by atoms with Crippen LogP contribution in [0.5, 0.6) is 0 Å². The molecule has 1 aromatic heterocycles. The Balaban J connectivity index is 2.16. The van der Waals surface area contributed by atoms with Gasteiger partial charge in [-0.3, -0.25) is 4.79 Å². The predicted octanol–water partition coefficient (Wildman–Crippen LogP) is 1.98. The topological polar surface area (TPSA) is 65.2 Å². The Bertz CT molecular complexity index is 522. The number of ether oxygens (including phenoxy) is 1. The van der Waals surface area contributed by atoms with Crippen LogP contribution in [-0.4, -0.2) is 18.1 Å². The zero-order valence-corrected chi connectivity index (χ0v) is 9.71. The van der Waals surface area contributed by atoms with E-state index in [0.29, 0.717) is 18.0 Å². The van der Waals surface area contributed by atoms with E-state index in [-0.39, 0.29) is 5.97 Å². The maximum absolute atomic E-state index is 11.0. The number of hydrogen-bond acceptors (Lipinski definition) is 5. The third-order valence-corrected chi connectivity index (χ3v) is 3.16. The minimum atomic E-state index is -0.191. The van der Waals surface area contributed by atoms with Gasteiger partial charge in [-0.2, -0.15) is 0 Å². The van der Waals surface area contributed by atoms with Crippen molar-refractivity contribution in [3.63, 3.8) is 0 Å². The molecule has 0 atom stereocenters. The van der Waals surface area contributed by atoms with Gasteiger partial charge in [-0.1, -0.05) is 17.4 Å². The summed E-state index contributed by atoms with van der Waals surface area (Å²) >= 11 is 1.46. The molecule has 1 heterocycles. The largest absolute Gasteiger partial charge is 0.469 e. The molecule has 1 aromatic carbocycles. The summed E-state index contributed by atoms with van der Waals surface area (Å²) in [6, 6.07) is 5.91. The molecule has 0 bridgehead atoms. The van der Waals surface area contributed by atoms with E-state index in [2.05, 4.69) is 9.72 Å². The number of aryl methyl sites for hydroxylation is 1. The van der Waals surface area contributed by atoms with Crippen LogP contribution in [-0.2, 0) is 16.0 Å². The number of benzene rings is 1. The summed E-state index contributed by atoms with van der Waals surface area (Å²) in [6.07, 6.45) is 1.08. The standard InChI is InChI=1S/C11H12N2O2S/c1-15-10(14)5-3-7-2-4-8-9(6-7)16-11(12)13-8/h2,4,6H,3,5H2,1H3,(H2,12,13). The average molecular weight is 236 g/mol. The van der Waals surface area contributed by atoms with Gasteiger partial charge in [0.05, 0.1) is 17.3 Å². The highest BCUT2D eigenvalue weighted by molar-refractivity contribution is 7.22. The van der Waals surface area contributed by atoms with Gasteiger partial charge in [0.15, 0.2) is 5.13 Å². The highest BCUT2D eigenvalue weighted by Crippen LogP contribution is 2.24. The number of carbonyl (C=O) groups is 1. The van der Waals surface area contributed by atoms with Crippen LogP contribution in [0.15, 0.2) is 18.2 Å². The van der Waals surface area contributed by atoms with Crippen molar-refractivity contribution in [1.29, 1.82) is 0 Å². The number of rotatable bonds is 3. The maximum Gasteiger partial charge on any atom is 0.305 e. The van der Waals surface area contributed by atoms with E-state index in [1.807, 2.05) is 18.2 Å². The van der Waals surface area contributed by atoms with Gasteiger partial charge in [0.25, 0.3) is 0 Å². The van der Waals surface area contributed by atoms with Gasteiger partial charge in [-0.15, -0.1) is 0 Å². The second kappa shape index (κ2) is 4.49. The van der Waals surface area contributed by atoms with Crippen molar-refractivity contribution in [2.75, 3.05) is 12.8 Å². The molecule has 0 aliphatic rings. The first-order valence-electron chi connectivity index (χ1n) is 4.91. The van der Waals surface area contributed by atoms with E-state index in [1.54, 1.807) is 0 Å². The lowest BCUT2D eigenvalue weighted by Gasteiger charge is -2.00. The molecule has 0 saturated heterocycles. The Kier molecular flexibility index (Phi) is 3.05. The first-order valence-corrected chi connectivity index (χ1v) is 5.72. The van der Waals surface area contributed by atoms with Crippen LogP contribution >= 0.6 is 11.3 Å². The van der Waals surface area contributed by atoms with Crippen LogP contribution in [0.3, 0.4) is 0 Å².